The standard InChI is InChI=1S/C20H17BrFNO/c21-17-6-8-19(9-7-17)23-13-15-4-10-20(11-5-15)24-14-16-2-1-3-18(22)12-16/h1-12,23H,13-14H2. The Morgan fingerprint density at radius 1 is 0.875 bits per heavy atom. The van der Waals surface area contributed by atoms with E-state index in [2.05, 4.69) is 21.2 Å². The Morgan fingerprint density at radius 3 is 2.33 bits per heavy atom. The molecule has 3 rings (SSSR count). The van der Waals surface area contributed by atoms with E-state index in [-0.39, 0.29) is 5.82 Å². The Kier molecular flexibility index (Phi) is 5.49. The Morgan fingerprint density at radius 2 is 1.62 bits per heavy atom. The molecule has 2 nitrogen and oxygen atoms in total. The van der Waals surface area contributed by atoms with Crippen molar-refractivity contribution in [2.75, 3.05) is 5.32 Å². The van der Waals surface area contributed by atoms with E-state index in [1.165, 1.54) is 12.1 Å². The van der Waals surface area contributed by atoms with Gasteiger partial charge in [-0.25, -0.2) is 4.39 Å². The molecule has 0 saturated carbocycles. The molecule has 1 N–H and O–H groups in total. The molecule has 0 aliphatic rings. The van der Waals surface area contributed by atoms with Crippen LogP contribution in [0, 0.1) is 5.82 Å². The van der Waals surface area contributed by atoms with Crippen LogP contribution in [0.4, 0.5) is 10.1 Å². The average Bonchev–Trinajstić information content (AvgIpc) is 2.60. The number of hydrogen-bond donors (Lipinski definition) is 1. The summed E-state index contributed by atoms with van der Waals surface area (Å²) < 4.78 is 19.9. The average molecular weight is 386 g/mol. The molecule has 122 valence electrons. The van der Waals surface area contributed by atoms with Crippen molar-refractivity contribution in [3.05, 3.63) is 94.2 Å². The zero-order valence-corrected chi connectivity index (χ0v) is 14.6. The maximum atomic E-state index is 13.1. The van der Waals surface area contributed by atoms with Crippen LogP contribution in [0.2, 0.25) is 0 Å². The van der Waals surface area contributed by atoms with Crippen LogP contribution in [0.15, 0.2) is 77.3 Å². The van der Waals surface area contributed by atoms with E-state index in [9.17, 15) is 4.39 Å². The molecular weight excluding hydrogens is 369 g/mol. The maximum absolute atomic E-state index is 13.1. The summed E-state index contributed by atoms with van der Waals surface area (Å²) in [5.41, 5.74) is 3.05. The highest BCUT2D eigenvalue weighted by atomic mass is 79.9. The molecular formula is C20H17BrFNO. The van der Waals surface area contributed by atoms with E-state index in [1.807, 2.05) is 54.6 Å². The van der Waals surface area contributed by atoms with Crippen LogP contribution >= 0.6 is 15.9 Å². The van der Waals surface area contributed by atoms with Gasteiger partial charge >= 0.3 is 0 Å². The quantitative estimate of drug-likeness (QED) is 0.580. The minimum atomic E-state index is -0.245. The van der Waals surface area contributed by atoms with Crippen LogP contribution in [0.25, 0.3) is 0 Å². The van der Waals surface area contributed by atoms with Gasteiger partial charge in [-0.2, -0.15) is 0 Å². The summed E-state index contributed by atoms with van der Waals surface area (Å²) in [4.78, 5) is 0. The zero-order valence-electron chi connectivity index (χ0n) is 13.0. The minimum absolute atomic E-state index is 0.245. The van der Waals surface area contributed by atoms with Crippen molar-refractivity contribution >= 4 is 21.6 Å². The van der Waals surface area contributed by atoms with Gasteiger partial charge in [-0.1, -0.05) is 40.2 Å². The Hall–Kier alpha value is -2.33. The summed E-state index contributed by atoms with van der Waals surface area (Å²) in [7, 11) is 0. The lowest BCUT2D eigenvalue weighted by Gasteiger charge is -2.09. The molecule has 0 aromatic heterocycles. The molecule has 0 radical (unpaired) electrons. The molecule has 0 amide bonds. The van der Waals surface area contributed by atoms with Crippen LogP contribution in [0.1, 0.15) is 11.1 Å². The molecule has 0 spiro atoms. The van der Waals surface area contributed by atoms with E-state index in [4.69, 9.17) is 4.74 Å². The predicted octanol–water partition coefficient (Wildman–Crippen LogP) is 5.78. The number of nitrogens with one attached hydrogen (secondary N) is 1. The highest BCUT2D eigenvalue weighted by molar-refractivity contribution is 9.10. The number of anilines is 1. The molecule has 0 aliphatic carbocycles. The lowest BCUT2D eigenvalue weighted by Crippen LogP contribution is -2.00. The Labute approximate surface area is 149 Å². The van der Waals surface area contributed by atoms with Crippen LogP contribution in [0.3, 0.4) is 0 Å². The molecule has 4 heteroatoms. The van der Waals surface area contributed by atoms with Crippen molar-refractivity contribution in [1.82, 2.24) is 0 Å². The van der Waals surface area contributed by atoms with Crippen LogP contribution in [-0.4, -0.2) is 0 Å². The van der Waals surface area contributed by atoms with Gasteiger partial charge in [-0.15, -0.1) is 0 Å². The van der Waals surface area contributed by atoms with Gasteiger partial charge in [0, 0.05) is 16.7 Å². The van der Waals surface area contributed by atoms with Crippen molar-refractivity contribution in [3.8, 4) is 5.75 Å². The lowest BCUT2D eigenvalue weighted by atomic mass is 10.2. The van der Waals surface area contributed by atoms with E-state index in [1.54, 1.807) is 6.07 Å². The number of hydrogen-bond acceptors (Lipinski definition) is 2. The molecule has 0 saturated heterocycles. The second-order valence-electron chi connectivity index (χ2n) is 5.42. The summed E-state index contributed by atoms with van der Waals surface area (Å²) in [6.45, 7) is 1.10. The van der Waals surface area contributed by atoms with Gasteiger partial charge in [-0.3, -0.25) is 0 Å². The van der Waals surface area contributed by atoms with Crippen molar-refractivity contribution < 1.29 is 9.13 Å². The summed E-state index contributed by atoms with van der Waals surface area (Å²) in [6.07, 6.45) is 0. The van der Waals surface area contributed by atoms with Gasteiger partial charge in [0.1, 0.15) is 18.2 Å². The number of ether oxygens (including phenoxy) is 1. The first-order chi connectivity index (χ1) is 11.7. The molecule has 0 aliphatic heterocycles. The van der Waals surface area contributed by atoms with Gasteiger partial charge in [0.05, 0.1) is 0 Å². The largest absolute Gasteiger partial charge is 0.489 e. The number of halogens is 2. The highest BCUT2D eigenvalue weighted by Crippen LogP contribution is 2.17. The SMILES string of the molecule is Fc1cccc(COc2ccc(CNc3ccc(Br)cc3)cc2)c1. The van der Waals surface area contributed by atoms with Gasteiger partial charge in [0.2, 0.25) is 0 Å². The lowest BCUT2D eigenvalue weighted by molar-refractivity contribution is 0.305. The molecule has 3 aromatic rings. The van der Waals surface area contributed by atoms with Crippen LogP contribution < -0.4 is 10.1 Å². The topological polar surface area (TPSA) is 21.3 Å². The molecule has 0 heterocycles. The Bertz CT molecular complexity index is 787. The molecule has 0 bridgehead atoms. The highest BCUT2D eigenvalue weighted by Gasteiger charge is 1.99. The van der Waals surface area contributed by atoms with Crippen LogP contribution in [0.5, 0.6) is 5.75 Å². The van der Waals surface area contributed by atoms with E-state index < -0.39 is 0 Å². The third-order valence-electron chi connectivity index (χ3n) is 3.56. The summed E-state index contributed by atoms with van der Waals surface area (Å²) in [5, 5.41) is 3.37. The summed E-state index contributed by atoms with van der Waals surface area (Å²) >= 11 is 3.42. The molecule has 0 fully saturated rings. The predicted molar refractivity (Wildman–Crippen MR) is 98.6 cm³/mol. The zero-order chi connectivity index (χ0) is 16.8. The fraction of sp³-hybridized carbons (Fsp3) is 0.100. The molecule has 24 heavy (non-hydrogen) atoms. The van der Waals surface area contributed by atoms with E-state index in [0.717, 1.165) is 33.6 Å². The van der Waals surface area contributed by atoms with Gasteiger partial charge < -0.3 is 10.1 Å². The minimum Gasteiger partial charge on any atom is -0.489 e. The second kappa shape index (κ2) is 7.97. The fourth-order valence-electron chi connectivity index (χ4n) is 2.27. The van der Waals surface area contributed by atoms with Gasteiger partial charge in [0.25, 0.3) is 0 Å². The Balaban J connectivity index is 1.52. The van der Waals surface area contributed by atoms with E-state index in [0.29, 0.717) is 6.61 Å². The van der Waals surface area contributed by atoms with Crippen LogP contribution in [-0.2, 0) is 13.2 Å². The summed E-state index contributed by atoms with van der Waals surface area (Å²) in [5.74, 6) is 0.525. The smallest absolute Gasteiger partial charge is 0.123 e. The van der Waals surface area contributed by atoms with Crippen molar-refractivity contribution in [3.63, 3.8) is 0 Å². The maximum Gasteiger partial charge on any atom is 0.123 e. The fourth-order valence-corrected chi connectivity index (χ4v) is 2.53. The van der Waals surface area contributed by atoms with E-state index >= 15 is 0 Å². The summed E-state index contributed by atoms with van der Waals surface area (Å²) in [6, 6.07) is 22.4. The molecule has 3 aromatic carbocycles. The first-order valence-corrected chi connectivity index (χ1v) is 8.44. The third kappa shape index (κ3) is 4.83. The van der Waals surface area contributed by atoms with Crippen molar-refractivity contribution in [1.29, 1.82) is 0 Å². The third-order valence-corrected chi connectivity index (χ3v) is 4.09. The molecule has 0 unspecified atom stereocenters. The number of benzene rings is 3. The van der Waals surface area contributed by atoms with Gasteiger partial charge in [0.15, 0.2) is 0 Å². The molecule has 0 atom stereocenters. The van der Waals surface area contributed by atoms with Crippen molar-refractivity contribution in [2.45, 2.75) is 13.2 Å². The first-order valence-electron chi connectivity index (χ1n) is 7.65. The second-order valence-corrected chi connectivity index (χ2v) is 6.34. The monoisotopic (exact) mass is 385 g/mol. The number of rotatable bonds is 6. The first kappa shape index (κ1) is 16.5. The normalized spacial score (nSPS) is 10.4. The van der Waals surface area contributed by atoms with Crippen molar-refractivity contribution in [2.24, 2.45) is 0 Å². The van der Waals surface area contributed by atoms with Gasteiger partial charge in [-0.05, 0) is 59.7 Å².